The molecule has 0 radical (unpaired) electrons. The van der Waals surface area contributed by atoms with Crippen LogP contribution in [0.2, 0.25) is 0 Å². The average Bonchev–Trinajstić information content (AvgIpc) is 3.53. The normalized spacial score (nSPS) is 15.1. The lowest BCUT2D eigenvalue weighted by Crippen LogP contribution is -2.33. The minimum absolute atomic E-state index is 0.102. The Morgan fingerprint density at radius 2 is 1.74 bits per heavy atom. The van der Waals surface area contributed by atoms with Crippen molar-refractivity contribution in [1.82, 2.24) is 29.9 Å². The standard InChI is InChI=1S/C25H29N7O6S/c1-14-12-26-23(27-13-14)22(37-5)15(2)39(33,34)31-25-29-28-24(17-11-20(38-30-17)16-9-10-16)32(25)21-18(35-3)7-6-8-19(21)36-4/h6-8,11-13,15-16,22H,9-10H2,1-5H3,(H,29,31). The van der Waals surface area contributed by atoms with E-state index >= 15 is 0 Å². The third-order valence-electron chi connectivity index (χ3n) is 6.48. The van der Waals surface area contributed by atoms with E-state index in [1.807, 2.05) is 6.92 Å². The monoisotopic (exact) mass is 555 g/mol. The topological polar surface area (TPSA) is 156 Å². The Hall–Kier alpha value is -4.04. The fourth-order valence-corrected chi connectivity index (χ4v) is 5.31. The molecule has 1 fully saturated rings. The molecular weight excluding hydrogens is 526 g/mol. The molecule has 0 saturated heterocycles. The van der Waals surface area contributed by atoms with E-state index in [-0.39, 0.29) is 17.6 Å². The second kappa shape index (κ2) is 10.6. The third-order valence-corrected chi connectivity index (χ3v) is 8.18. The summed E-state index contributed by atoms with van der Waals surface area (Å²) < 4.78 is 53.6. The van der Waals surface area contributed by atoms with Gasteiger partial charge in [0.05, 0.1) is 14.2 Å². The van der Waals surface area contributed by atoms with Gasteiger partial charge >= 0.3 is 0 Å². The lowest BCUT2D eigenvalue weighted by atomic mass is 10.2. The van der Waals surface area contributed by atoms with E-state index < -0.39 is 21.4 Å². The Labute approximate surface area is 225 Å². The molecule has 3 heterocycles. The quantitative estimate of drug-likeness (QED) is 0.289. The Morgan fingerprint density at radius 3 is 2.33 bits per heavy atom. The van der Waals surface area contributed by atoms with Gasteiger partial charge in [0.1, 0.15) is 34.3 Å². The number of aryl methyl sites for hydroxylation is 1. The molecule has 0 aliphatic heterocycles. The Morgan fingerprint density at radius 1 is 1.08 bits per heavy atom. The van der Waals surface area contributed by atoms with E-state index in [1.165, 1.54) is 32.8 Å². The lowest BCUT2D eigenvalue weighted by molar-refractivity contribution is 0.0949. The van der Waals surface area contributed by atoms with E-state index in [0.717, 1.165) is 24.2 Å². The summed E-state index contributed by atoms with van der Waals surface area (Å²) in [5, 5.41) is 11.5. The highest BCUT2D eigenvalue weighted by molar-refractivity contribution is 7.93. The number of hydrogen-bond donors (Lipinski definition) is 1. The van der Waals surface area contributed by atoms with Crippen LogP contribution in [0, 0.1) is 6.92 Å². The molecule has 206 valence electrons. The van der Waals surface area contributed by atoms with Crippen molar-refractivity contribution in [2.75, 3.05) is 26.1 Å². The van der Waals surface area contributed by atoms with Crippen LogP contribution in [-0.2, 0) is 14.8 Å². The summed E-state index contributed by atoms with van der Waals surface area (Å²) in [7, 11) is 0.282. The minimum Gasteiger partial charge on any atom is -0.494 e. The summed E-state index contributed by atoms with van der Waals surface area (Å²) in [4.78, 5) is 8.51. The zero-order valence-electron chi connectivity index (χ0n) is 22.2. The smallest absolute Gasteiger partial charge is 0.243 e. The van der Waals surface area contributed by atoms with Crippen molar-refractivity contribution in [3.8, 4) is 28.7 Å². The van der Waals surface area contributed by atoms with Gasteiger partial charge in [-0.15, -0.1) is 10.2 Å². The number of nitrogens with zero attached hydrogens (tertiary/aromatic N) is 6. The van der Waals surface area contributed by atoms with E-state index in [4.69, 9.17) is 18.7 Å². The van der Waals surface area contributed by atoms with Gasteiger partial charge in [-0.2, -0.15) is 0 Å². The van der Waals surface area contributed by atoms with Crippen LogP contribution in [0.15, 0.2) is 41.2 Å². The highest BCUT2D eigenvalue weighted by Crippen LogP contribution is 2.42. The molecule has 0 bridgehead atoms. The van der Waals surface area contributed by atoms with Crippen LogP contribution in [-0.4, -0.2) is 64.9 Å². The van der Waals surface area contributed by atoms with Crippen LogP contribution in [0.3, 0.4) is 0 Å². The molecule has 5 rings (SSSR count). The number of nitrogens with one attached hydrogen (secondary N) is 1. The predicted octanol–water partition coefficient (Wildman–Crippen LogP) is 3.43. The van der Waals surface area contributed by atoms with Crippen molar-refractivity contribution in [2.24, 2.45) is 0 Å². The maximum Gasteiger partial charge on any atom is 0.243 e. The molecule has 14 heteroatoms. The molecule has 1 aliphatic rings. The molecule has 1 N–H and O–H groups in total. The summed E-state index contributed by atoms with van der Waals surface area (Å²) in [5.74, 6) is 2.24. The third kappa shape index (κ3) is 5.16. The zero-order valence-corrected chi connectivity index (χ0v) is 23.0. The summed E-state index contributed by atoms with van der Waals surface area (Å²) in [6, 6.07) is 6.98. The van der Waals surface area contributed by atoms with Gasteiger partial charge in [-0.25, -0.2) is 18.4 Å². The maximum atomic E-state index is 13.7. The molecule has 0 amide bonds. The largest absolute Gasteiger partial charge is 0.494 e. The van der Waals surface area contributed by atoms with Crippen molar-refractivity contribution in [2.45, 2.75) is 44.0 Å². The van der Waals surface area contributed by atoms with Gasteiger partial charge in [0.2, 0.25) is 16.0 Å². The first-order valence-corrected chi connectivity index (χ1v) is 13.8. The van der Waals surface area contributed by atoms with Crippen molar-refractivity contribution in [3.63, 3.8) is 0 Å². The summed E-state index contributed by atoms with van der Waals surface area (Å²) in [6.07, 6.45) is 4.31. The summed E-state index contributed by atoms with van der Waals surface area (Å²) in [5.41, 5.74) is 1.61. The summed E-state index contributed by atoms with van der Waals surface area (Å²) in [6.45, 7) is 3.34. The molecule has 1 aromatic carbocycles. The second-order valence-electron chi connectivity index (χ2n) is 9.21. The fourth-order valence-electron chi connectivity index (χ4n) is 4.17. The maximum absolute atomic E-state index is 13.7. The fraction of sp³-hybridized carbons (Fsp3) is 0.400. The number of aromatic nitrogens is 6. The first kappa shape index (κ1) is 26.6. The Balaban J connectivity index is 1.59. The molecule has 1 saturated carbocycles. The van der Waals surface area contributed by atoms with Crippen LogP contribution in [0.25, 0.3) is 17.2 Å². The molecule has 1 aliphatic carbocycles. The van der Waals surface area contributed by atoms with Gasteiger partial charge in [-0.05, 0) is 44.4 Å². The highest BCUT2D eigenvalue weighted by Gasteiger charge is 2.36. The molecular formula is C25H29N7O6S. The molecule has 3 aromatic heterocycles. The Kier molecular flexibility index (Phi) is 7.23. The van der Waals surface area contributed by atoms with Gasteiger partial charge < -0.3 is 18.7 Å². The molecule has 2 atom stereocenters. The second-order valence-corrected chi connectivity index (χ2v) is 11.2. The van der Waals surface area contributed by atoms with Gasteiger partial charge in [-0.3, -0.25) is 9.29 Å². The van der Waals surface area contributed by atoms with Crippen LogP contribution < -0.4 is 14.2 Å². The molecule has 0 spiro atoms. The first-order chi connectivity index (χ1) is 18.8. The molecule has 13 nitrogen and oxygen atoms in total. The number of para-hydroxylation sites is 1. The van der Waals surface area contributed by atoms with E-state index in [1.54, 1.807) is 36.7 Å². The van der Waals surface area contributed by atoms with Gasteiger partial charge in [0.25, 0.3) is 0 Å². The predicted molar refractivity (Wildman–Crippen MR) is 140 cm³/mol. The number of ether oxygens (including phenoxy) is 3. The lowest BCUT2D eigenvalue weighted by Gasteiger charge is -2.22. The van der Waals surface area contributed by atoms with Gasteiger partial charge in [0.15, 0.2) is 17.3 Å². The zero-order chi connectivity index (χ0) is 27.7. The summed E-state index contributed by atoms with van der Waals surface area (Å²) >= 11 is 0. The van der Waals surface area contributed by atoms with Gasteiger partial charge in [0, 0.05) is 31.5 Å². The van der Waals surface area contributed by atoms with Gasteiger partial charge in [-0.1, -0.05) is 11.2 Å². The van der Waals surface area contributed by atoms with Crippen LogP contribution in [0.4, 0.5) is 5.95 Å². The SMILES string of the molecule is COc1cccc(OC)c1-n1c(NS(=O)(=O)C(C)C(OC)c2ncc(C)cn2)nnc1-c1cc(C2CC2)on1. The number of rotatable bonds is 11. The van der Waals surface area contributed by atoms with Crippen LogP contribution in [0.5, 0.6) is 11.5 Å². The van der Waals surface area contributed by atoms with E-state index in [0.29, 0.717) is 28.8 Å². The van der Waals surface area contributed by atoms with Crippen LogP contribution in [0.1, 0.15) is 48.9 Å². The van der Waals surface area contributed by atoms with Crippen molar-refractivity contribution >= 4 is 16.0 Å². The van der Waals surface area contributed by atoms with Crippen molar-refractivity contribution < 1.29 is 27.2 Å². The number of hydrogen-bond acceptors (Lipinski definition) is 11. The molecule has 39 heavy (non-hydrogen) atoms. The highest BCUT2D eigenvalue weighted by atomic mass is 32.2. The van der Waals surface area contributed by atoms with Crippen molar-refractivity contribution in [1.29, 1.82) is 0 Å². The van der Waals surface area contributed by atoms with Crippen LogP contribution >= 0.6 is 0 Å². The first-order valence-electron chi connectivity index (χ1n) is 12.2. The van der Waals surface area contributed by atoms with Crippen molar-refractivity contribution in [3.05, 3.63) is 53.8 Å². The molecule has 2 unspecified atom stereocenters. The minimum atomic E-state index is -4.12. The number of anilines is 1. The Bertz CT molecular complexity index is 1540. The number of benzene rings is 1. The average molecular weight is 556 g/mol. The number of methoxy groups -OCH3 is 3. The molecule has 4 aromatic rings. The van der Waals surface area contributed by atoms with E-state index in [9.17, 15) is 8.42 Å². The number of sulfonamides is 1. The van der Waals surface area contributed by atoms with E-state index in [2.05, 4.69) is 30.0 Å².